The SMILES string of the molecule is CCc1nn(C2CCCC2)c2cc(C3=CC(CC(=O)NC)(C(=O)NC)ON3)ccc12. The van der Waals surface area contributed by atoms with Crippen LogP contribution in [0.1, 0.15) is 56.3 Å². The van der Waals surface area contributed by atoms with Gasteiger partial charge < -0.3 is 10.6 Å². The minimum Gasteiger partial charge on any atom is -0.359 e. The number of fused-ring (bicyclic) bond motifs is 1. The summed E-state index contributed by atoms with van der Waals surface area (Å²) in [5.41, 5.74) is 5.25. The number of hydroxylamine groups is 1. The Hall–Kier alpha value is -2.87. The molecule has 1 atom stereocenters. The van der Waals surface area contributed by atoms with Crippen LogP contribution in [0.25, 0.3) is 16.6 Å². The van der Waals surface area contributed by atoms with E-state index in [9.17, 15) is 9.59 Å². The number of carbonyl (C=O) groups is 2. The second-order valence-corrected chi connectivity index (χ2v) is 8.00. The molecule has 2 aromatic rings. The van der Waals surface area contributed by atoms with Crippen molar-refractivity contribution in [3.8, 4) is 0 Å². The van der Waals surface area contributed by atoms with E-state index in [2.05, 4.69) is 39.9 Å². The number of hydrogen-bond acceptors (Lipinski definition) is 5. The van der Waals surface area contributed by atoms with Crippen LogP contribution in [0.2, 0.25) is 0 Å². The van der Waals surface area contributed by atoms with Gasteiger partial charge in [0.05, 0.1) is 29.4 Å². The highest BCUT2D eigenvalue weighted by Gasteiger charge is 2.44. The van der Waals surface area contributed by atoms with Crippen LogP contribution >= 0.6 is 0 Å². The third kappa shape index (κ3) is 3.45. The normalized spacial score (nSPS) is 21.5. The topological polar surface area (TPSA) is 97.3 Å². The zero-order valence-electron chi connectivity index (χ0n) is 17.7. The number of likely N-dealkylation sites (N-methyl/N-ethyl adjacent to an activating group) is 1. The van der Waals surface area contributed by atoms with Crippen LogP contribution in [0, 0.1) is 0 Å². The monoisotopic (exact) mass is 411 g/mol. The lowest BCUT2D eigenvalue weighted by Gasteiger charge is -2.22. The van der Waals surface area contributed by atoms with Gasteiger partial charge in [0.1, 0.15) is 0 Å². The highest BCUT2D eigenvalue weighted by atomic mass is 16.7. The van der Waals surface area contributed by atoms with Crippen molar-refractivity contribution in [3.63, 3.8) is 0 Å². The Morgan fingerprint density at radius 2 is 2.03 bits per heavy atom. The molecule has 8 nitrogen and oxygen atoms in total. The van der Waals surface area contributed by atoms with E-state index in [0.717, 1.165) is 41.4 Å². The van der Waals surface area contributed by atoms with Crippen molar-refractivity contribution in [1.29, 1.82) is 0 Å². The molecule has 2 amide bonds. The predicted octanol–water partition coefficient (Wildman–Crippen LogP) is 2.21. The third-order valence-corrected chi connectivity index (χ3v) is 6.13. The predicted molar refractivity (Wildman–Crippen MR) is 114 cm³/mol. The number of hydrogen-bond donors (Lipinski definition) is 3. The van der Waals surface area contributed by atoms with Crippen molar-refractivity contribution in [1.82, 2.24) is 25.9 Å². The molecule has 0 saturated heterocycles. The van der Waals surface area contributed by atoms with E-state index < -0.39 is 5.60 Å². The zero-order valence-corrected chi connectivity index (χ0v) is 17.7. The molecule has 30 heavy (non-hydrogen) atoms. The molecular weight excluding hydrogens is 382 g/mol. The summed E-state index contributed by atoms with van der Waals surface area (Å²) in [6, 6.07) is 6.62. The van der Waals surface area contributed by atoms with E-state index in [1.165, 1.54) is 26.9 Å². The fourth-order valence-corrected chi connectivity index (χ4v) is 4.46. The van der Waals surface area contributed by atoms with Gasteiger partial charge in [0.2, 0.25) is 11.5 Å². The molecule has 160 valence electrons. The van der Waals surface area contributed by atoms with E-state index in [0.29, 0.717) is 11.7 Å². The molecular formula is C22H29N5O3. The molecule has 0 bridgehead atoms. The minimum atomic E-state index is -1.39. The van der Waals surface area contributed by atoms with Crippen LogP contribution in [0.5, 0.6) is 0 Å². The van der Waals surface area contributed by atoms with Crippen molar-refractivity contribution in [2.45, 2.75) is 57.1 Å². The average molecular weight is 412 g/mol. The van der Waals surface area contributed by atoms with Gasteiger partial charge in [0.25, 0.3) is 5.91 Å². The summed E-state index contributed by atoms with van der Waals surface area (Å²) in [4.78, 5) is 30.2. The highest BCUT2D eigenvalue weighted by molar-refractivity contribution is 5.96. The summed E-state index contributed by atoms with van der Waals surface area (Å²) in [6.07, 6.45) is 7.25. The number of benzene rings is 1. The molecule has 0 radical (unpaired) electrons. The van der Waals surface area contributed by atoms with Crippen LogP contribution in [0.15, 0.2) is 24.3 Å². The maximum Gasteiger partial charge on any atom is 0.259 e. The number of nitrogens with one attached hydrogen (secondary N) is 3. The van der Waals surface area contributed by atoms with E-state index in [-0.39, 0.29) is 18.2 Å². The van der Waals surface area contributed by atoms with E-state index in [4.69, 9.17) is 9.94 Å². The molecule has 2 aliphatic rings. The molecule has 1 fully saturated rings. The van der Waals surface area contributed by atoms with Crippen molar-refractivity contribution < 1.29 is 14.4 Å². The summed E-state index contributed by atoms with van der Waals surface area (Å²) in [5, 5.41) is 11.2. The van der Waals surface area contributed by atoms with Crippen LogP contribution in [0.3, 0.4) is 0 Å². The van der Waals surface area contributed by atoms with Gasteiger partial charge in [-0.3, -0.25) is 24.6 Å². The van der Waals surface area contributed by atoms with Crippen LogP contribution in [0.4, 0.5) is 0 Å². The molecule has 8 heteroatoms. The van der Waals surface area contributed by atoms with Gasteiger partial charge in [-0.1, -0.05) is 31.9 Å². The Morgan fingerprint density at radius 1 is 1.27 bits per heavy atom. The Kier molecular flexibility index (Phi) is 5.51. The number of rotatable bonds is 6. The molecule has 1 aliphatic heterocycles. The lowest BCUT2D eigenvalue weighted by atomic mass is 9.95. The lowest BCUT2D eigenvalue weighted by molar-refractivity contribution is -0.148. The first-order valence-electron chi connectivity index (χ1n) is 10.6. The second kappa shape index (κ2) is 8.10. The summed E-state index contributed by atoms with van der Waals surface area (Å²) >= 11 is 0. The Labute approximate surface area is 176 Å². The van der Waals surface area contributed by atoms with E-state index in [1.807, 2.05) is 6.07 Å². The van der Waals surface area contributed by atoms with Gasteiger partial charge >= 0.3 is 0 Å². The van der Waals surface area contributed by atoms with Gasteiger partial charge in [-0.25, -0.2) is 0 Å². The van der Waals surface area contributed by atoms with Gasteiger partial charge in [-0.2, -0.15) is 5.10 Å². The smallest absolute Gasteiger partial charge is 0.259 e. The Morgan fingerprint density at radius 3 is 2.70 bits per heavy atom. The summed E-state index contributed by atoms with van der Waals surface area (Å²) in [5.74, 6) is -0.654. The number of carbonyl (C=O) groups excluding carboxylic acids is 2. The third-order valence-electron chi connectivity index (χ3n) is 6.13. The molecule has 1 aromatic carbocycles. The van der Waals surface area contributed by atoms with Crippen molar-refractivity contribution in [3.05, 3.63) is 35.5 Å². The standard InChI is InChI=1S/C22H29N5O3/c1-4-17-16-10-9-14(11-19(16)27(25-17)15-7-5-6-8-15)18-12-22(30-26-18,21(29)24-3)13-20(28)23-2/h9-12,15,26H,4-8,13H2,1-3H3,(H,23,28)(H,24,29). The van der Waals surface area contributed by atoms with Crippen molar-refractivity contribution in [2.75, 3.05) is 14.1 Å². The van der Waals surface area contributed by atoms with Gasteiger partial charge in [0.15, 0.2) is 0 Å². The largest absolute Gasteiger partial charge is 0.359 e. The first-order valence-corrected chi connectivity index (χ1v) is 10.6. The molecule has 1 aromatic heterocycles. The van der Waals surface area contributed by atoms with Crippen LogP contribution in [-0.2, 0) is 20.8 Å². The molecule has 0 spiro atoms. The number of aryl methyl sites for hydroxylation is 1. The molecule has 1 unspecified atom stereocenters. The van der Waals surface area contributed by atoms with Crippen LogP contribution < -0.4 is 16.1 Å². The van der Waals surface area contributed by atoms with Gasteiger partial charge in [-0.15, -0.1) is 0 Å². The maximum atomic E-state index is 12.5. The first-order chi connectivity index (χ1) is 14.5. The van der Waals surface area contributed by atoms with Crippen LogP contribution in [-0.4, -0.2) is 41.3 Å². The first kappa shape index (κ1) is 20.4. The summed E-state index contributed by atoms with van der Waals surface area (Å²) in [7, 11) is 3.07. The van der Waals surface area contributed by atoms with Crippen molar-refractivity contribution in [2.24, 2.45) is 0 Å². The average Bonchev–Trinajstić information content (AvgIpc) is 3.51. The van der Waals surface area contributed by atoms with E-state index >= 15 is 0 Å². The molecule has 4 rings (SSSR count). The minimum absolute atomic E-state index is 0.109. The molecule has 1 aliphatic carbocycles. The molecule has 2 heterocycles. The zero-order chi connectivity index (χ0) is 21.3. The molecule has 1 saturated carbocycles. The summed E-state index contributed by atoms with van der Waals surface area (Å²) < 4.78 is 2.18. The van der Waals surface area contributed by atoms with Crippen molar-refractivity contribution >= 4 is 28.4 Å². The van der Waals surface area contributed by atoms with Gasteiger partial charge in [-0.05, 0) is 31.4 Å². The number of amides is 2. The lowest BCUT2D eigenvalue weighted by Crippen LogP contribution is -2.48. The Balaban J connectivity index is 1.75. The fourth-order valence-electron chi connectivity index (χ4n) is 4.46. The quantitative estimate of drug-likeness (QED) is 0.677. The number of aromatic nitrogens is 2. The Bertz CT molecular complexity index is 1010. The van der Waals surface area contributed by atoms with Gasteiger partial charge in [0, 0.05) is 25.0 Å². The highest BCUT2D eigenvalue weighted by Crippen LogP contribution is 2.35. The maximum absolute atomic E-state index is 12.5. The summed E-state index contributed by atoms with van der Waals surface area (Å²) in [6.45, 7) is 2.13. The van der Waals surface area contributed by atoms with E-state index in [1.54, 1.807) is 6.08 Å². The second-order valence-electron chi connectivity index (χ2n) is 8.00. The fraction of sp³-hybridized carbons (Fsp3) is 0.500. The number of nitrogens with zero attached hydrogens (tertiary/aromatic N) is 2. The molecule has 3 N–H and O–H groups in total.